The van der Waals surface area contributed by atoms with Crippen LogP contribution in [0.4, 0.5) is 5.82 Å². The highest BCUT2D eigenvalue weighted by atomic mass is 32.2. The van der Waals surface area contributed by atoms with Crippen molar-refractivity contribution in [3.63, 3.8) is 0 Å². The molecule has 0 saturated heterocycles. The van der Waals surface area contributed by atoms with Crippen LogP contribution in [0.1, 0.15) is 55.5 Å². The molecule has 0 bridgehead atoms. The van der Waals surface area contributed by atoms with Crippen LogP contribution in [0.2, 0.25) is 0 Å². The van der Waals surface area contributed by atoms with Gasteiger partial charge in [0.2, 0.25) is 0 Å². The molecule has 2 N–H and O–H groups in total. The Morgan fingerprint density at radius 2 is 2.25 bits per heavy atom. The Balaban J connectivity index is 2.19. The minimum absolute atomic E-state index is 0.260. The highest BCUT2D eigenvalue weighted by Crippen LogP contribution is 2.39. The molecule has 0 amide bonds. The highest BCUT2D eigenvalue weighted by Gasteiger charge is 2.30. The first-order valence-corrected chi connectivity index (χ1v) is 8.26. The first-order valence-electron chi connectivity index (χ1n) is 7.21. The van der Waals surface area contributed by atoms with Gasteiger partial charge in [0.05, 0.1) is 6.61 Å². The van der Waals surface area contributed by atoms with Crippen LogP contribution >= 0.6 is 11.8 Å². The van der Waals surface area contributed by atoms with Gasteiger partial charge in [-0.25, -0.2) is 9.78 Å². The molecule has 1 aliphatic rings. The molecule has 2 unspecified atom stereocenters. The summed E-state index contributed by atoms with van der Waals surface area (Å²) in [5, 5.41) is 0.692. The van der Waals surface area contributed by atoms with Crippen molar-refractivity contribution in [1.82, 2.24) is 9.55 Å². The second-order valence-corrected chi connectivity index (χ2v) is 6.60. The molecule has 0 spiro atoms. The van der Waals surface area contributed by atoms with E-state index in [0.717, 1.165) is 24.4 Å². The van der Waals surface area contributed by atoms with Crippen LogP contribution in [0, 0.1) is 6.92 Å². The SMILES string of the molecule is CCOC(=O)c1nc(C)n(C2CCC(SCC)C2)c1N. The van der Waals surface area contributed by atoms with Gasteiger partial charge in [-0.1, -0.05) is 6.92 Å². The van der Waals surface area contributed by atoms with E-state index in [0.29, 0.717) is 23.7 Å². The maximum atomic E-state index is 11.8. The quantitative estimate of drug-likeness (QED) is 0.846. The number of aryl methyl sites for hydroxylation is 1. The molecule has 1 aromatic heterocycles. The Hall–Kier alpha value is -1.17. The van der Waals surface area contributed by atoms with Crippen molar-refractivity contribution in [2.45, 2.75) is 51.3 Å². The van der Waals surface area contributed by atoms with Gasteiger partial charge in [-0.05, 0) is 38.9 Å². The molecular formula is C14H23N3O2S. The normalized spacial score (nSPS) is 22.1. The average molecular weight is 297 g/mol. The van der Waals surface area contributed by atoms with Crippen molar-refractivity contribution in [1.29, 1.82) is 0 Å². The first kappa shape index (κ1) is 15.2. The Labute approximate surface area is 124 Å². The number of rotatable bonds is 5. The molecule has 1 aromatic rings. The lowest BCUT2D eigenvalue weighted by atomic mass is 10.2. The lowest BCUT2D eigenvalue weighted by molar-refractivity contribution is 0.0521. The molecular weight excluding hydrogens is 274 g/mol. The van der Waals surface area contributed by atoms with Crippen LogP contribution in [0.5, 0.6) is 0 Å². The number of aromatic nitrogens is 2. The van der Waals surface area contributed by atoms with Crippen LogP contribution in [0.3, 0.4) is 0 Å². The van der Waals surface area contributed by atoms with Crippen LogP contribution in [-0.4, -0.2) is 33.1 Å². The summed E-state index contributed by atoms with van der Waals surface area (Å²) in [5.74, 6) is 1.97. The first-order chi connectivity index (χ1) is 9.58. The third kappa shape index (κ3) is 2.95. The summed E-state index contributed by atoms with van der Waals surface area (Å²) in [6.45, 7) is 6.21. The summed E-state index contributed by atoms with van der Waals surface area (Å²) in [7, 11) is 0. The van der Waals surface area contributed by atoms with Crippen molar-refractivity contribution < 1.29 is 9.53 Å². The number of hydrogen-bond donors (Lipinski definition) is 1. The van der Waals surface area contributed by atoms with Gasteiger partial charge in [0.1, 0.15) is 11.6 Å². The lowest BCUT2D eigenvalue weighted by Gasteiger charge is -2.16. The minimum Gasteiger partial charge on any atom is -0.461 e. The molecule has 0 radical (unpaired) electrons. The number of esters is 1. The molecule has 2 atom stereocenters. The molecule has 0 aliphatic heterocycles. The van der Waals surface area contributed by atoms with Crippen molar-refractivity contribution >= 4 is 23.5 Å². The molecule has 1 aliphatic carbocycles. The molecule has 20 heavy (non-hydrogen) atoms. The fourth-order valence-electron chi connectivity index (χ4n) is 2.91. The molecule has 6 heteroatoms. The maximum Gasteiger partial charge on any atom is 0.360 e. The molecule has 1 fully saturated rings. The standard InChI is InChI=1S/C14H23N3O2S/c1-4-19-14(18)12-13(15)17(9(3)16-12)10-6-7-11(8-10)20-5-2/h10-11H,4-8,15H2,1-3H3. The Morgan fingerprint density at radius 1 is 1.50 bits per heavy atom. The summed E-state index contributed by atoms with van der Waals surface area (Å²) in [4.78, 5) is 16.1. The van der Waals surface area contributed by atoms with Crippen molar-refractivity contribution in [3.05, 3.63) is 11.5 Å². The monoisotopic (exact) mass is 297 g/mol. The van der Waals surface area contributed by atoms with Crippen LogP contribution in [0.25, 0.3) is 0 Å². The zero-order valence-corrected chi connectivity index (χ0v) is 13.2. The Bertz CT molecular complexity index is 487. The third-order valence-electron chi connectivity index (χ3n) is 3.72. The van der Waals surface area contributed by atoms with E-state index in [9.17, 15) is 4.79 Å². The van der Waals surface area contributed by atoms with Gasteiger partial charge in [0, 0.05) is 11.3 Å². The Kier molecular flexibility index (Phi) is 4.96. The molecule has 1 heterocycles. The molecule has 5 nitrogen and oxygen atoms in total. The van der Waals surface area contributed by atoms with E-state index in [-0.39, 0.29) is 5.69 Å². The van der Waals surface area contributed by atoms with E-state index in [2.05, 4.69) is 11.9 Å². The number of anilines is 1. The topological polar surface area (TPSA) is 70.1 Å². The molecule has 1 saturated carbocycles. The summed E-state index contributed by atoms with van der Waals surface area (Å²) >= 11 is 2.00. The fourth-order valence-corrected chi connectivity index (χ4v) is 4.04. The van der Waals surface area contributed by atoms with E-state index in [1.54, 1.807) is 6.92 Å². The number of imidazole rings is 1. The van der Waals surface area contributed by atoms with E-state index in [4.69, 9.17) is 10.5 Å². The predicted octanol–water partition coefficient (Wildman–Crippen LogP) is 2.80. The number of carbonyl (C=O) groups is 1. The number of ether oxygens (including phenoxy) is 1. The van der Waals surface area contributed by atoms with E-state index < -0.39 is 5.97 Å². The molecule has 2 rings (SSSR count). The number of thioether (sulfide) groups is 1. The third-order valence-corrected chi connectivity index (χ3v) is 4.95. The predicted molar refractivity (Wildman–Crippen MR) is 82.1 cm³/mol. The largest absolute Gasteiger partial charge is 0.461 e. The number of nitrogens with zero attached hydrogens (tertiary/aromatic N) is 2. The van der Waals surface area contributed by atoms with E-state index in [1.165, 1.54) is 6.42 Å². The van der Waals surface area contributed by atoms with Crippen LogP contribution in [0.15, 0.2) is 0 Å². The van der Waals surface area contributed by atoms with Gasteiger partial charge >= 0.3 is 5.97 Å². The number of hydrogen-bond acceptors (Lipinski definition) is 5. The number of nitrogen functional groups attached to an aromatic ring is 1. The zero-order valence-electron chi connectivity index (χ0n) is 12.4. The summed E-state index contributed by atoms with van der Waals surface area (Å²) in [5.41, 5.74) is 6.39. The Morgan fingerprint density at radius 3 is 2.90 bits per heavy atom. The molecule has 112 valence electrons. The van der Waals surface area contributed by atoms with Gasteiger partial charge in [-0.2, -0.15) is 11.8 Å². The van der Waals surface area contributed by atoms with Gasteiger partial charge in [-0.3, -0.25) is 0 Å². The van der Waals surface area contributed by atoms with Gasteiger partial charge in [0.25, 0.3) is 0 Å². The number of carbonyl (C=O) groups excluding carboxylic acids is 1. The van der Waals surface area contributed by atoms with Gasteiger partial charge in [-0.15, -0.1) is 0 Å². The average Bonchev–Trinajstić information content (AvgIpc) is 2.95. The zero-order chi connectivity index (χ0) is 14.7. The highest BCUT2D eigenvalue weighted by molar-refractivity contribution is 7.99. The second kappa shape index (κ2) is 6.52. The fraction of sp³-hybridized carbons (Fsp3) is 0.714. The maximum absolute atomic E-state index is 11.8. The molecule has 0 aromatic carbocycles. The van der Waals surface area contributed by atoms with Crippen molar-refractivity contribution in [3.8, 4) is 0 Å². The second-order valence-electron chi connectivity index (χ2n) is 5.03. The lowest BCUT2D eigenvalue weighted by Crippen LogP contribution is -2.13. The van der Waals surface area contributed by atoms with Crippen molar-refractivity contribution in [2.24, 2.45) is 0 Å². The van der Waals surface area contributed by atoms with E-state index >= 15 is 0 Å². The van der Waals surface area contributed by atoms with Crippen LogP contribution in [-0.2, 0) is 4.74 Å². The van der Waals surface area contributed by atoms with Crippen LogP contribution < -0.4 is 5.73 Å². The van der Waals surface area contributed by atoms with E-state index in [1.807, 2.05) is 23.3 Å². The van der Waals surface area contributed by atoms with Gasteiger partial charge in [0.15, 0.2) is 5.69 Å². The van der Waals surface area contributed by atoms with Gasteiger partial charge < -0.3 is 15.0 Å². The summed E-state index contributed by atoms with van der Waals surface area (Å²) < 4.78 is 7.02. The summed E-state index contributed by atoms with van der Waals surface area (Å²) in [6.07, 6.45) is 3.40. The minimum atomic E-state index is -0.427. The smallest absolute Gasteiger partial charge is 0.360 e. The summed E-state index contributed by atoms with van der Waals surface area (Å²) in [6, 6.07) is 0.356. The van der Waals surface area contributed by atoms with Crippen molar-refractivity contribution in [2.75, 3.05) is 18.1 Å². The number of nitrogens with two attached hydrogens (primary N) is 1.